The van der Waals surface area contributed by atoms with Crippen LogP contribution in [0.15, 0.2) is 24.3 Å². The number of nitrogens with one attached hydrogen (secondary N) is 1. The Labute approximate surface area is 79.6 Å². The van der Waals surface area contributed by atoms with Gasteiger partial charge >= 0.3 is 0 Å². The van der Waals surface area contributed by atoms with E-state index in [1.165, 1.54) is 0 Å². The largest absolute Gasteiger partial charge is 0.386 e. The highest BCUT2D eigenvalue weighted by atomic mass is 16.3. The molecule has 0 saturated heterocycles. The van der Waals surface area contributed by atoms with Crippen molar-refractivity contribution in [1.29, 1.82) is 0 Å². The predicted molar refractivity (Wildman–Crippen MR) is 55.9 cm³/mol. The fourth-order valence-corrected chi connectivity index (χ4v) is 1.20. The second kappa shape index (κ2) is 3.79. The van der Waals surface area contributed by atoms with Crippen molar-refractivity contribution in [2.24, 2.45) is 0 Å². The van der Waals surface area contributed by atoms with Crippen molar-refractivity contribution < 1.29 is 5.11 Å². The topological polar surface area (TPSA) is 32.3 Å². The molecule has 2 N–H and O–H groups in total. The van der Waals surface area contributed by atoms with Crippen LogP contribution in [0.4, 0.5) is 5.69 Å². The van der Waals surface area contributed by atoms with Gasteiger partial charge < -0.3 is 10.4 Å². The summed E-state index contributed by atoms with van der Waals surface area (Å²) in [6, 6.07) is 7.85. The first-order chi connectivity index (χ1) is 6.04. The first-order valence-corrected chi connectivity index (χ1v) is 4.61. The van der Waals surface area contributed by atoms with Crippen LogP contribution in [0, 0.1) is 0 Å². The lowest BCUT2D eigenvalue weighted by Gasteiger charge is -2.17. The Bertz CT molecular complexity index is 258. The van der Waals surface area contributed by atoms with Crippen molar-refractivity contribution in [2.75, 3.05) is 11.9 Å². The smallest absolute Gasteiger partial charge is 0.0840 e. The molecule has 0 aliphatic carbocycles. The van der Waals surface area contributed by atoms with Gasteiger partial charge in [-0.25, -0.2) is 0 Å². The molecule has 1 aromatic carbocycles. The minimum Gasteiger partial charge on any atom is -0.386 e. The van der Waals surface area contributed by atoms with Gasteiger partial charge in [0, 0.05) is 12.2 Å². The Hall–Kier alpha value is -1.02. The number of anilines is 1. The molecular weight excluding hydrogens is 162 g/mol. The number of benzene rings is 1. The SMILES string of the molecule is CCNc1ccc(C(C)(C)O)cc1. The van der Waals surface area contributed by atoms with Gasteiger partial charge in [0.15, 0.2) is 0 Å². The number of hydrogen-bond acceptors (Lipinski definition) is 2. The third-order valence-corrected chi connectivity index (χ3v) is 1.97. The Kier molecular flexibility index (Phi) is 2.94. The normalized spacial score (nSPS) is 11.4. The lowest BCUT2D eigenvalue weighted by atomic mass is 9.98. The van der Waals surface area contributed by atoms with Crippen molar-refractivity contribution in [3.05, 3.63) is 29.8 Å². The van der Waals surface area contributed by atoms with E-state index in [-0.39, 0.29) is 0 Å². The van der Waals surface area contributed by atoms with E-state index in [1.807, 2.05) is 24.3 Å². The molecule has 0 aliphatic heterocycles. The summed E-state index contributed by atoms with van der Waals surface area (Å²) in [7, 11) is 0. The molecule has 0 bridgehead atoms. The third-order valence-electron chi connectivity index (χ3n) is 1.97. The molecule has 0 radical (unpaired) electrons. The molecule has 0 heterocycles. The van der Waals surface area contributed by atoms with Crippen LogP contribution in [-0.4, -0.2) is 11.7 Å². The van der Waals surface area contributed by atoms with Crippen LogP contribution in [0.1, 0.15) is 26.3 Å². The summed E-state index contributed by atoms with van der Waals surface area (Å²) in [6.07, 6.45) is 0. The number of aliphatic hydroxyl groups is 1. The Morgan fingerprint density at radius 2 is 1.77 bits per heavy atom. The second-order valence-corrected chi connectivity index (χ2v) is 3.67. The standard InChI is InChI=1S/C11H17NO/c1-4-12-10-7-5-9(6-8-10)11(2,3)13/h5-8,12-13H,4H2,1-3H3. The Balaban J connectivity index is 2.81. The molecule has 2 heteroatoms. The molecular formula is C11H17NO. The zero-order chi connectivity index (χ0) is 9.90. The molecule has 72 valence electrons. The summed E-state index contributed by atoms with van der Waals surface area (Å²) in [4.78, 5) is 0. The van der Waals surface area contributed by atoms with Crippen LogP contribution in [0.5, 0.6) is 0 Å². The fraction of sp³-hybridized carbons (Fsp3) is 0.455. The average Bonchev–Trinajstić information content (AvgIpc) is 2.04. The van der Waals surface area contributed by atoms with E-state index in [0.29, 0.717) is 0 Å². The van der Waals surface area contributed by atoms with Crippen molar-refractivity contribution in [3.8, 4) is 0 Å². The summed E-state index contributed by atoms with van der Waals surface area (Å²) in [5, 5.41) is 12.9. The van der Waals surface area contributed by atoms with Crippen LogP contribution in [0.2, 0.25) is 0 Å². The molecule has 2 nitrogen and oxygen atoms in total. The lowest BCUT2D eigenvalue weighted by Crippen LogP contribution is -2.15. The molecule has 13 heavy (non-hydrogen) atoms. The third kappa shape index (κ3) is 2.74. The molecule has 0 amide bonds. The van der Waals surface area contributed by atoms with E-state index in [2.05, 4.69) is 12.2 Å². The zero-order valence-electron chi connectivity index (χ0n) is 8.46. The van der Waals surface area contributed by atoms with Crippen LogP contribution >= 0.6 is 0 Å². The maximum atomic E-state index is 9.69. The van der Waals surface area contributed by atoms with Crippen LogP contribution < -0.4 is 5.32 Å². The monoisotopic (exact) mass is 179 g/mol. The van der Waals surface area contributed by atoms with Gasteiger partial charge in [0.2, 0.25) is 0 Å². The van der Waals surface area contributed by atoms with E-state index in [1.54, 1.807) is 13.8 Å². The van der Waals surface area contributed by atoms with Crippen molar-refractivity contribution in [3.63, 3.8) is 0 Å². The molecule has 0 atom stereocenters. The molecule has 0 aliphatic rings. The highest BCUT2D eigenvalue weighted by molar-refractivity contribution is 5.45. The minimum absolute atomic E-state index is 0.745. The van der Waals surface area contributed by atoms with Gasteiger partial charge in [0.25, 0.3) is 0 Å². The summed E-state index contributed by atoms with van der Waals surface area (Å²) in [5.74, 6) is 0. The highest BCUT2D eigenvalue weighted by Gasteiger charge is 2.14. The zero-order valence-corrected chi connectivity index (χ0v) is 8.46. The Morgan fingerprint density at radius 1 is 1.23 bits per heavy atom. The predicted octanol–water partition coefficient (Wildman–Crippen LogP) is 2.35. The van der Waals surface area contributed by atoms with E-state index in [0.717, 1.165) is 17.8 Å². The summed E-state index contributed by atoms with van der Waals surface area (Å²) in [5.41, 5.74) is 1.29. The van der Waals surface area contributed by atoms with E-state index >= 15 is 0 Å². The molecule has 0 saturated carbocycles. The maximum absolute atomic E-state index is 9.69. The second-order valence-electron chi connectivity index (χ2n) is 3.67. The van der Waals surface area contributed by atoms with Crippen molar-refractivity contribution in [2.45, 2.75) is 26.4 Å². The van der Waals surface area contributed by atoms with Crippen molar-refractivity contribution >= 4 is 5.69 Å². The fourth-order valence-electron chi connectivity index (χ4n) is 1.20. The van der Waals surface area contributed by atoms with Gasteiger partial charge in [0.1, 0.15) is 0 Å². The first kappa shape index (κ1) is 10.1. The maximum Gasteiger partial charge on any atom is 0.0840 e. The molecule has 0 unspecified atom stereocenters. The van der Waals surface area contributed by atoms with Gasteiger partial charge in [-0.15, -0.1) is 0 Å². The van der Waals surface area contributed by atoms with Gasteiger partial charge in [0.05, 0.1) is 5.60 Å². The molecule has 0 fully saturated rings. The number of rotatable bonds is 3. The molecule has 1 rings (SSSR count). The van der Waals surface area contributed by atoms with E-state index in [9.17, 15) is 5.11 Å². The molecule has 0 spiro atoms. The van der Waals surface area contributed by atoms with Gasteiger partial charge in [-0.1, -0.05) is 12.1 Å². The van der Waals surface area contributed by atoms with Gasteiger partial charge in [-0.3, -0.25) is 0 Å². The van der Waals surface area contributed by atoms with E-state index in [4.69, 9.17) is 0 Å². The minimum atomic E-state index is -0.745. The van der Waals surface area contributed by atoms with Gasteiger partial charge in [-0.05, 0) is 38.5 Å². The quantitative estimate of drug-likeness (QED) is 0.746. The van der Waals surface area contributed by atoms with Crippen LogP contribution in [-0.2, 0) is 5.60 Å². The van der Waals surface area contributed by atoms with Crippen molar-refractivity contribution in [1.82, 2.24) is 0 Å². The summed E-state index contributed by atoms with van der Waals surface area (Å²) < 4.78 is 0. The summed E-state index contributed by atoms with van der Waals surface area (Å²) in [6.45, 7) is 6.55. The van der Waals surface area contributed by atoms with E-state index < -0.39 is 5.60 Å². The van der Waals surface area contributed by atoms with Crippen LogP contribution in [0.3, 0.4) is 0 Å². The molecule has 0 aromatic heterocycles. The average molecular weight is 179 g/mol. The number of hydrogen-bond donors (Lipinski definition) is 2. The Morgan fingerprint density at radius 3 is 2.15 bits per heavy atom. The first-order valence-electron chi connectivity index (χ1n) is 4.61. The summed E-state index contributed by atoms with van der Waals surface area (Å²) >= 11 is 0. The molecule has 1 aromatic rings. The highest BCUT2D eigenvalue weighted by Crippen LogP contribution is 2.20. The lowest BCUT2D eigenvalue weighted by molar-refractivity contribution is 0.0786. The van der Waals surface area contributed by atoms with Crippen LogP contribution in [0.25, 0.3) is 0 Å². The van der Waals surface area contributed by atoms with Gasteiger partial charge in [-0.2, -0.15) is 0 Å².